The Kier molecular flexibility index (Phi) is 3.14. The summed E-state index contributed by atoms with van der Waals surface area (Å²) in [6, 6.07) is 1.98. The molecule has 2 aromatic heterocycles. The number of nitrogens with one attached hydrogen (secondary N) is 1. The molecule has 0 aliphatic heterocycles. The van der Waals surface area contributed by atoms with E-state index in [2.05, 4.69) is 22.3 Å². The zero-order valence-corrected chi connectivity index (χ0v) is 11.3. The van der Waals surface area contributed by atoms with Crippen LogP contribution in [0.1, 0.15) is 32.6 Å². The quantitative estimate of drug-likeness (QED) is 0.885. The van der Waals surface area contributed by atoms with Gasteiger partial charge in [-0.3, -0.25) is 0 Å². The number of aromatic nitrogens is 3. The average Bonchev–Trinajstić information content (AvgIpc) is 2.91. The molecule has 1 aliphatic carbocycles. The van der Waals surface area contributed by atoms with E-state index in [4.69, 9.17) is 5.73 Å². The maximum atomic E-state index is 6.08. The molecule has 2 unspecified atom stereocenters. The third kappa shape index (κ3) is 2.08. The molecule has 1 saturated carbocycles. The second-order valence-corrected chi connectivity index (χ2v) is 5.57. The molecule has 0 aromatic carbocycles. The minimum Gasteiger partial charge on any atom is -0.361 e. The molecule has 2 aromatic rings. The lowest BCUT2D eigenvalue weighted by Crippen LogP contribution is -2.52. The van der Waals surface area contributed by atoms with Crippen LogP contribution < -0.4 is 11.1 Å². The zero-order chi connectivity index (χ0) is 13.3. The molecule has 102 valence electrons. The predicted molar refractivity (Wildman–Crippen MR) is 76.0 cm³/mol. The van der Waals surface area contributed by atoms with Crippen LogP contribution in [0.15, 0.2) is 24.7 Å². The van der Waals surface area contributed by atoms with Crippen LogP contribution in [0.3, 0.4) is 0 Å². The van der Waals surface area contributed by atoms with Gasteiger partial charge in [-0.15, -0.1) is 0 Å². The summed E-state index contributed by atoms with van der Waals surface area (Å²) in [5, 5.41) is 7.87. The molecule has 3 rings (SSSR count). The van der Waals surface area contributed by atoms with Crippen molar-refractivity contribution in [3.8, 4) is 0 Å². The number of nitrogens with two attached hydrogens (primary N) is 1. The molecule has 19 heavy (non-hydrogen) atoms. The Morgan fingerprint density at radius 3 is 3.16 bits per heavy atom. The number of nitrogens with zero attached hydrogens (tertiary/aromatic N) is 3. The minimum absolute atomic E-state index is 0.0304. The second kappa shape index (κ2) is 4.81. The van der Waals surface area contributed by atoms with E-state index in [9.17, 15) is 0 Å². The first-order valence-corrected chi connectivity index (χ1v) is 7.02. The van der Waals surface area contributed by atoms with E-state index in [0.717, 1.165) is 17.8 Å². The van der Waals surface area contributed by atoms with Gasteiger partial charge in [-0.1, -0.05) is 19.8 Å². The number of rotatable bonds is 3. The fourth-order valence-electron chi connectivity index (χ4n) is 3.14. The molecule has 0 radical (unpaired) electrons. The van der Waals surface area contributed by atoms with Crippen molar-refractivity contribution >= 4 is 11.3 Å². The lowest BCUT2D eigenvalue weighted by atomic mass is 9.73. The molecular formula is C14H21N5. The van der Waals surface area contributed by atoms with E-state index in [1.54, 1.807) is 12.4 Å². The third-order valence-electron chi connectivity index (χ3n) is 4.51. The second-order valence-electron chi connectivity index (χ2n) is 5.57. The first-order chi connectivity index (χ1) is 9.25. The van der Waals surface area contributed by atoms with Gasteiger partial charge in [0, 0.05) is 18.9 Å². The maximum Gasteiger partial charge on any atom is 0.152 e. The van der Waals surface area contributed by atoms with Crippen LogP contribution in [0.5, 0.6) is 0 Å². The van der Waals surface area contributed by atoms with Gasteiger partial charge in [-0.05, 0) is 24.8 Å². The highest BCUT2D eigenvalue weighted by atomic mass is 15.2. The summed E-state index contributed by atoms with van der Waals surface area (Å²) in [5.74, 6) is 1.45. The van der Waals surface area contributed by atoms with Crippen molar-refractivity contribution in [1.29, 1.82) is 0 Å². The van der Waals surface area contributed by atoms with E-state index in [1.165, 1.54) is 19.3 Å². The van der Waals surface area contributed by atoms with Gasteiger partial charge in [-0.2, -0.15) is 5.10 Å². The lowest BCUT2D eigenvalue weighted by molar-refractivity contribution is 0.235. The summed E-state index contributed by atoms with van der Waals surface area (Å²) in [5.41, 5.74) is 7.06. The molecule has 0 spiro atoms. The molecular weight excluding hydrogens is 238 g/mol. The summed E-state index contributed by atoms with van der Waals surface area (Å²) >= 11 is 0. The number of fused-ring (bicyclic) bond motifs is 1. The maximum absolute atomic E-state index is 6.08. The van der Waals surface area contributed by atoms with Crippen LogP contribution in [0, 0.1) is 5.92 Å². The normalized spacial score (nSPS) is 27.6. The van der Waals surface area contributed by atoms with Crippen molar-refractivity contribution in [2.75, 3.05) is 11.9 Å². The van der Waals surface area contributed by atoms with Crippen LogP contribution in [0.4, 0.5) is 5.82 Å². The van der Waals surface area contributed by atoms with Crippen molar-refractivity contribution in [2.24, 2.45) is 11.7 Å². The third-order valence-corrected chi connectivity index (χ3v) is 4.51. The number of hydrogen-bond donors (Lipinski definition) is 2. The highest BCUT2D eigenvalue weighted by Crippen LogP contribution is 2.36. The molecule has 2 heterocycles. The molecule has 5 nitrogen and oxygen atoms in total. The van der Waals surface area contributed by atoms with Gasteiger partial charge < -0.3 is 11.1 Å². The summed E-state index contributed by atoms with van der Waals surface area (Å²) in [6.07, 6.45) is 10.3. The van der Waals surface area contributed by atoms with Crippen LogP contribution in [-0.2, 0) is 0 Å². The van der Waals surface area contributed by atoms with Crippen molar-refractivity contribution in [3.63, 3.8) is 0 Å². The van der Waals surface area contributed by atoms with Crippen LogP contribution >= 0.6 is 0 Å². The predicted octanol–water partition coefficient (Wildman–Crippen LogP) is 2.05. The molecule has 2 atom stereocenters. The number of hydrogen-bond acceptors (Lipinski definition) is 4. The van der Waals surface area contributed by atoms with Gasteiger partial charge in [0.25, 0.3) is 0 Å². The Bertz CT molecular complexity index is 564. The van der Waals surface area contributed by atoms with Gasteiger partial charge in [0.15, 0.2) is 5.82 Å². The Balaban J connectivity index is 1.96. The zero-order valence-electron chi connectivity index (χ0n) is 11.3. The summed E-state index contributed by atoms with van der Waals surface area (Å²) in [6.45, 7) is 2.93. The standard InChI is InChI=1S/C14H21N5/c1-11-4-2-3-6-14(11,10-15)18-13-12-5-7-17-19(12)9-8-16-13/h5,7-9,11H,2-4,6,10,15H2,1H3,(H,16,18). The molecule has 5 heteroatoms. The lowest BCUT2D eigenvalue weighted by Gasteiger charge is -2.43. The van der Waals surface area contributed by atoms with E-state index >= 15 is 0 Å². The van der Waals surface area contributed by atoms with Gasteiger partial charge in [0.2, 0.25) is 0 Å². The summed E-state index contributed by atoms with van der Waals surface area (Å²) < 4.78 is 1.84. The molecule has 0 saturated heterocycles. The van der Waals surface area contributed by atoms with Gasteiger partial charge in [-0.25, -0.2) is 9.50 Å². The fraction of sp³-hybridized carbons (Fsp3) is 0.571. The molecule has 3 N–H and O–H groups in total. The Labute approximate surface area is 113 Å². The first kappa shape index (κ1) is 12.4. The average molecular weight is 259 g/mol. The smallest absolute Gasteiger partial charge is 0.152 e. The summed E-state index contributed by atoms with van der Waals surface area (Å²) in [4.78, 5) is 4.47. The van der Waals surface area contributed by atoms with Gasteiger partial charge in [0.1, 0.15) is 5.52 Å². The van der Waals surface area contributed by atoms with Crippen LogP contribution in [-0.4, -0.2) is 26.7 Å². The van der Waals surface area contributed by atoms with Crippen molar-refractivity contribution in [1.82, 2.24) is 14.6 Å². The number of anilines is 1. The first-order valence-electron chi connectivity index (χ1n) is 7.02. The Hall–Kier alpha value is -1.62. The topological polar surface area (TPSA) is 68.2 Å². The van der Waals surface area contributed by atoms with E-state index in [0.29, 0.717) is 12.5 Å². The fourth-order valence-corrected chi connectivity index (χ4v) is 3.14. The molecule has 1 aliphatic rings. The van der Waals surface area contributed by atoms with Crippen molar-refractivity contribution in [2.45, 2.75) is 38.1 Å². The molecule has 0 amide bonds. The van der Waals surface area contributed by atoms with Gasteiger partial charge in [0.05, 0.1) is 11.7 Å². The Morgan fingerprint density at radius 1 is 1.47 bits per heavy atom. The van der Waals surface area contributed by atoms with E-state index in [-0.39, 0.29) is 5.54 Å². The van der Waals surface area contributed by atoms with Crippen LogP contribution in [0.25, 0.3) is 5.52 Å². The monoisotopic (exact) mass is 259 g/mol. The molecule has 0 bridgehead atoms. The SMILES string of the molecule is CC1CCCCC1(CN)Nc1nccn2nccc12. The highest BCUT2D eigenvalue weighted by Gasteiger charge is 2.37. The van der Waals surface area contributed by atoms with Gasteiger partial charge >= 0.3 is 0 Å². The van der Waals surface area contributed by atoms with E-state index in [1.807, 2.05) is 16.8 Å². The Morgan fingerprint density at radius 2 is 2.37 bits per heavy atom. The van der Waals surface area contributed by atoms with Crippen molar-refractivity contribution < 1.29 is 0 Å². The van der Waals surface area contributed by atoms with Crippen LogP contribution in [0.2, 0.25) is 0 Å². The largest absolute Gasteiger partial charge is 0.361 e. The summed E-state index contributed by atoms with van der Waals surface area (Å²) in [7, 11) is 0. The highest BCUT2D eigenvalue weighted by molar-refractivity contribution is 5.67. The van der Waals surface area contributed by atoms with E-state index < -0.39 is 0 Å². The minimum atomic E-state index is -0.0304. The molecule has 1 fully saturated rings. The van der Waals surface area contributed by atoms with Crippen molar-refractivity contribution in [3.05, 3.63) is 24.7 Å².